The number of benzene rings is 1. The van der Waals surface area contributed by atoms with Crippen molar-refractivity contribution >= 4 is 23.4 Å². The Balaban J connectivity index is 1.74. The van der Waals surface area contributed by atoms with Crippen molar-refractivity contribution < 1.29 is 19.0 Å². The second kappa shape index (κ2) is 8.28. The van der Waals surface area contributed by atoms with Crippen molar-refractivity contribution in [2.45, 2.75) is 19.5 Å². The number of nitrogens with zero attached hydrogens (tertiary/aromatic N) is 4. The van der Waals surface area contributed by atoms with Crippen molar-refractivity contribution in [1.82, 2.24) is 15.0 Å². The molecule has 2 aromatic rings. The van der Waals surface area contributed by atoms with Gasteiger partial charge in [0.05, 0.1) is 18.1 Å². The quantitative estimate of drug-likeness (QED) is 0.424. The van der Waals surface area contributed by atoms with Crippen LogP contribution in [0.2, 0.25) is 0 Å². The van der Waals surface area contributed by atoms with Crippen LogP contribution in [0, 0.1) is 10.1 Å². The molecule has 1 aliphatic rings. The molecule has 138 valence electrons. The average molecular weight is 378 g/mol. The normalized spacial score (nSPS) is 17.8. The minimum absolute atomic E-state index is 0.0377. The molecular weight excluding hydrogens is 360 g/mol. The summed E-state index contributed by atoms with van der Waals surface area (Å²) in [5.41, 5.74) is 0.467. The van der Waals surface area contributed by atoms with E-state index in [9.17, 15) is 14.9 Å². The summed E-state index contributed by atoms with van der Waals surface area (Å²) in [6, 6.07) is 5.71. The van der Waals surface area contributed by atoms with Crippen molar-refractivity contribution in [3.05, 3.63) is 40.3 Å². The van der Waals surface area contributed by atoms with Gasteiger partial charge in [-0.1, -0.05) is 17.3 Å². The Morgan fingerprint density at radius 2 is 2.38 bits per heavy atom. The standard InChI is InChI=1S/C16H18N4O5S/c1-2-24-16(21)13-10-26-7-6-19(13)9-14-17-15(18-25-14)11-4-3-5-12(8-11)20(22)23/h3-5,8,13H,2,6-7,9-10H2,1H3. The molecule has 10 heteroatoms. The van der Waals surface area contributed by atoms with Crippen LogP contribution in [-0.4, -0.2) is 56.6 Å². The maximum Gasteiger partial charge on any atom is 0.324 e. The summed E-state index contributed by atoms with van der Waals surface area (Å²) < 4.78 is 10.4. The number of non-ortho nitro benzene ring substituents is 1. The SMILES string of the molecule is CCOC(=O)C1CSCCN1Cc1nc(-c2cccc([N+](=O)[O-])c2)no1. The van der Waals surface area contributed by atoms with E-state index >= 15 is 0 Å². The van der Waals surface area contributed by atoms with Crippen LogP contribution in [-0.2, 0) is 16.1 Å². The van der Waals surface area contributed by atoms with Gasteiger partial charge in [0.2, 0.25) is 11.7 Å². The van der Waals surface area contributed by atoms with Crippen molar-refractivity contribution in [3.63, 3.8) is 0 Å². The van der Waals surface area contributed by atoms with Crippen molar-refractivity contribution in [2.24, 2.45) is 0 Å². The van der Waals surface area contributed by atoms with Crippen molar-refractivity contribution in [3.8, 4) is 11.4 Å². The van der Waals surface area contributed by atoms with Crippen molar-refractivity contribution in [1.29, 1.82) is 0 Å². The first-order chi connectivity index (χ1) is 12.6. The number of nitro benzene ring substituents is 1. The second-order valence-electron chi connectivity index (χ2n) is 5.63. The first kappa shape index (κ1) is 18.3. The fraction of sp³-hybridized carbons (Fsp3) is 0.438. The zero-order valence-corrected chi connectivity index (χ0v) is 15.0. The summed E-state index contributed by atoms with van der Waals surface area (Å²) in [7, 11) is 0. The largest absolute Gasteiger partial charge is 0.465 e. The predicted octanol–water partition coefficient (Wildman–Crippen LogP) is 2.13. The molecule has 0 aliphatic carbocycles. The molecule has 0 saturated carbocycles. The van der Waals surface area contributed by atoms with Gasteiger partial charge in [0.1, 0.15) is 6.04 Å². The van der Waals surface area contributed by atoms with Crippen LogP contribution in [0.3, 0.4) is 0 Å². The molecule has 0 spiro atoms. The number of hydrogen-bond acceptors (Lipinski definition) is 9. The first-order valence-electron chi connectivity index (χ1n) is 8.14. The second-order valence-corrected chi connectivity index (χ2v) is 6.78. The van der Waals surface area contributed by atoms with Crippen LogP contribution in [0.1, 0.15) is 12.8 Å². The predicted molar refractivity (Wildman–Crippen MR) is 94.5 cm³/mol. The Hall–Kier alpha value is -2.46. The van der Waals surface area contributed by atoms with E-state index in [0.717, 1.165) is 5.75 Å². The number of ether oxygens (including phenoxy) is 1. The van der Waals surface area contributed by atoms with E-state index in [1.54, 1.807) is 30.8 Å². The number of thioether (sulfide) groups is 1. The number of esters is 1. The molecular formula is C16H18N4O5S. The number of rotatable bonds is 6. The molecule has 9 nitrogen and oxygen atoms in total. The monoisotopic (exact) mass is 378 g/mol. The van der Waals surface area contributed by atoms with Gasteiger partial charge in [-0.15, -0.1) is 0 Å². The van der Waals surface area contributed by atoms with Gasteiger partial charge in [-0.25, -0.2) is 0 Å². The van der Waals surface area contributed by atoms with Gasteiger partial charge in [-0.2, -0.15) is 16.7 Å². The maximum absolute atomic E-state index is 12.1. The smallest absolute Gasteiger partial charge is 0.324 e. The Bertz CT molecular complexity index is 796. The fourth-order valence-corrected chi connectivity index (χ4v) is 3.75. The van der Waals surface area contributed by atoms with Gasteiger partial charge < -0.3 is 9.26 Å². The molecule has 1 aromatic heterocycles. The lowest BCUT2D eigenvalue weighted by Crippen LogP contribution is -2.47. The molecule has 2 heterocycles. The van der Waals surface area contributed by atoms with Gasteiger partial charge in [-0.3, -0.25) is 19.8 Å². The van der Waals surface area contributed by atoms with Gasteiger partial charge in [-0.05, 0) is 6.92 Å². The Kier molecular flexibility index (Phi) is 5.84. The van der Waals surface area contributed by atoms with Gasteiger partial charge in [0.15, 0.2) is 0 Å². The lowest BCUT2D eigenvalue weighted by Gasteiger charge is -2.32. The third kappa shape index (κ3) is 4.20. The molecule has 0 bridgehead atoms. The molecule has 1 saturated heterocycles. The van der Waals surface area contributed by atoms with E-state index in [4.69, 9.17) is 9.26 Å². The minimum Gasteiger partial charge on any atom is -0.465 e. The summed E-state index contributed by atoms with van der Waals surface area (Å²) in [6.07, 6.45) is 0. The van der Waals surface area contributed by atoms with Crippen LogP contribution in [0.15, 0.2) is 28.8 Å². The molecule has 1 aliphatic heterocycles. The number of carbonyl (C=O) groups excluding carboxylic acids is 1. The van der Waals surface area contributed by atoms with E-state index < -0.39 is 4.92 Å². The maximum atomic E-state index is 12.1. The molecule has 0 radical (unpaired) electrons. The highest BCUT2D eigenvalue weighted by Crippen LogP contribution is 2.23. The fourth-order valence-electron chi connectivity index (χ4n) is 2.65. The van der Waals surface area contributed by atoms with Crippen LogP contribution in [0.25, 0.3) is 11.4 Å². The van der Waals surface area contributed by atoms with E-state index in [1.807, 2.05) is 4.90 Å². The molecule has 1 unspecified atom stereocenters. The van der Waals surface area contributed by atoms with E-state index in [-0.39, 0.29) is 23.5 Å². The topological polar surface area (TPSA) is 112 Å². The molecule has 26 heavy (non-hydrogen) atoms. The Morgan fingerprint density at radius 1 is 1.54 bits per heavy atom. The van der Waals surface area contributed by atoms with Gasteiger partial charge in [0, 0.05) is 35.7 Å². The molecule has 1 atom stereocenters. The first-order valence-corrected chi connectivity index (χ1v) is 9.29. The van der Waals surface area contributed by atoms with Crippen LogP contribution < -0.4 is 0 Å². The van der Waals surface area contributed by atoms with Crippen molar-refractivity contribution in [2.75, 3.05) is 24.7 Å². The van der Waals surface area contributed by atoms with Crippen LogP contribution in [0.4, 0.5) is 5.69 Å². The lowest BCUT2D eigenvalue weighted by atomic mass is 10.2. The number of nitro groups is 1. The van der Waals surface area contributed by atoms with E-state index in [2.05, 4.69) is 10.1 Å². The Labute approximate surface area is 153 Å². The third-order valence-electron chi connectivity index (χ3n) is 3.92. The highest BCUT2D eigenvalue weighted by atomic mass is 32.2. The molecule has 1 fully saturated rings. The minimum atomic E-state index is -0.472. The number of hydrogen-bond donors (Lipinski definition) is 0. The zero-order chi connectivity index (χ0) is 18.5. The number of aromatic nitrogens is 2. The van der Waals surface area contributed by atoms with Crippen LogP contribution in [0.5, 0.6) is 0 Å². The van der Waals surface area contributed by atoms with E-state index in [0.29, 0.717) is 36.9 Å². The Morgan fingerprint density at radius 3 is 3.15 bits per heavy atom. The van der Waals surface area contributed by atoms with Crippen LogP contribution >= 0.6 is 11.8 Å². The van der Waals surface area contributed by atoms with Gasteiger partial charge >= 0.3 is 5.97 Å². The van der Waals surface area contributed by atoms with E-state index in [1.165, 1.54) is 12.1 Å². The zero-order valence-electron chi connectivity index (χ0n) is 14.2. The number of carbonyl (C=O) groups is 1. The molecule has 0 amide bonds. The molecule has 3 rings (SSSR count). The summed E-state index contributed by atoms with van der Waals surface area (Å²) in [4.78, 5) is 28.8. The highest BCUT2D eigenvalue weighted by Gasteiger charge is 2.31. The summed E-state index contributed by atoms with van der Waals surface area (Å²) in [6.45, 7) is 3.15. The lowest BCUT2D eigenvalue weighted by molar-refractivity contribution is -0.384. The molecule has 0 N–H and O–H groups in total. The van der Waals surface area contributed by atoms with Gasteiger partial charge in [0.25, 0.3) is 5.69 Å². The highest BCUT2D eigenvalue weighted by molar-refractivity contribution is 7.99. The summed E-state index contributed by atoms with van der Waals surface area (Å²) in [5.74, 6) is 1.94. The average Bonchev–Trinajstić information content (AvgIpc) is 3.11. The molecule has 1 aromatic carbocycles. The summed E-state index contributed by atoms with van der Waals surface area (Å²) >= 11 is 1.70. The summed E-state index contributed by atoms with van der Waals surface area (Å²) in [5, 5.41) is 14.8. The third-order valence-corrected chi connectivity index (χ3v) is 4.94.